The first-order chi connectivity index (χ1) is 11.7. The van der Waals surface area contributed by atoms with Crippen LogP contribution in [-0.4, -0.2) is 114 Å². The lowest BCUT2D eigenvalue weighted by atomic mass is 10.4. The quantitative estimate of drug-likeness (QED) is 0.325. The van der Waals surface area contributed by atoms with Crippen LogP contribution in [0.25, 0.3) is 0 Å². The van der Waals surface area contributed by atoms with Crippen molar-refractivity contribution < 1.29 is 4.74 Å². The van der Waals surface area contributed by atoms with Crippen LogP contribution >= 0.6 is 0 Å². The number of guanidine groups is 1. The average molecular weight is 343 g/mol. The maximum absolute atomic E-state index is 5.08. The Kier molecular flexibility index (Phi) is 11.8. The van der Waals surface area contributed by atoms with Crippen molar-refractivity contribution in [3.8, 4) is 0 Å². The van der Waals surface area contributed by atoms with Crippen molar-refractivity contribution in [3.63, 3.8) is 0 Å². The van der Waals surface area contributed by atoms with Crippen LogP contribution in [0.2, 0.25) is 0 Å². The maximum atomic E-state index is 5.08. The van der Waals surface area contributed by atoms with Crippen molar-refractivity contribution in [3.05, 3.63) is 0 Å². The molecule has 0 radical (unpaired) electrons. The standard InChI is InChI=1S/C17H38N6O/c1-18-17(19-7-12-21(2)10-6-16-24-4)20-8-13-23-11-5-9-22(3)14-15-23/h5-16H2,1-4H3,(H2,18,19,20). The molecule has 1 fully saturated rings. The summed E-state index contributed by atoms with van der Waals surface area (Å²) in [7, 11) is 7.93. The SMILES string of the molecule is CN=C(NCCN(C)CCCOC)NCCN1CCCN(C)CC1. The molecule has 7 nitrogen and oxygen atoms in total. The molecule has 0 unspecified atom stereocenters. The van der Waals surface area contributed by atoms with Crippen molar-refractivity contribution in [1.29, 1.82) is 0 Å². The fraction of sp³-hybridized carbons (Fsp3) is 0.941. The molecule has 0 aromatic rings. The molecule has 1 aliphatic heterocycles. The van der Waals surface area contributed by atoms with Gasteiger partial charge in [-0.15, -0.1) is 0 Å². The van der Waals surface area contributed by atoms with Crippen LogP contribution in [-0.2, 0) is 4.74 Å². The molecule has 0 aliphatic carbocycles. The van der Waals surface area contributed by atoms with Gasteiger partial charge in [0.2, 0.25) is 0 Å². The number of likely N-dealkylation sites (N-methyl/N-ethyl adjacent to an activating group) is 2. The molecule has 7 heteroatoms. The van der Waals surface area contributed by atoms with Gasteiger partial charge in [-0.2, -0.15) is 0 Å². The summed E-state index contributed by atoms with van der Waals surface area (Å²) in [6, 6.07) is 0. The van der Waals surface area contributed by atoms with E-state index in [0.29, 0.717) is 0 Å². The van der Waals surface area contributed by atoms with Gasteiger partial charge in [0.25, 0.3) is 0 Å². The normalized spacial score (nSPS) is 18.0. The average Bonchev–Trinajstić information content (AvgIpc) is 2.78. The number of hydrogen-bond donors (Lipinski definition) is 2. The number of nitrogens with zero attached hydrogens (tertiary/aromatic N) is 4. The van der Waals surface area contributed by atoms with Crippen LogP contribution in [0.1, 0.15) is 12.8 Å². The van der Waals surface area contributed by atoms with E-state index in [1.165, 1.54) is 26.1 Å². The lowest BCUT2D eigenvalue weighted by molar-refractivity contribution is 0.180. The monoisotopic (exact) mass is 342 g/mol. The zero-order valence-electron chi connectivity index (χ0n) is 16.2. The molecule has 0 bridgehead atoms. The fourth-order valence-electron chi connectivity index (χ4n) is 2.83. The van der Waals surface area contributed by atoms with Crippen molar-refractivity contribution in [2.45, 2.75) is 12.8 Å². The van der Waals surface area contributed by atoms with Crippen molar-refractivity contribution >= 4 is 5.96 Å². The molecule has 0 saturated carbocycles. The van der Waals surface area contributed by atoms with Crippen molar-refractivity contribution in [2.75, 3.05) is 93.8 Å². The molecular formula is C17H38N6O. The van der Waals surface area contributed by atoms with E-state index in [9.17, 15) is 0 Å². The molecule has 142 valence electrons. The highest BCUT2D eigenvalue weighted by Crippen LogP contribution is 1.99. The summed E-state index contributed by atoms with van der Waals surface area (Å²) in [5.41, 5.74) is 0. The molecular weight excluding hydrogens is 304 g/mol. The fourth-order valence-corrected chi connectivity index (χ4v) is 2.83. The first-order valence-electron chi connectivity index (χ1n) is 9.18. The van der Waals surface area contributed by atoms with Gasteiger partial charge in [0.15, 0.2) is 5.96 Å². The molecule has 0 amide bonds. The molecule has 1 saturated heterocycles. The highest BCUT2D eigenvalue weighted by molar-refractivity contribution is 5.79. The number of nitrogens with one attached hydrogen (secondary N) is 2. The minimum Gasteiger partial charge on any atom is -0.385 e. The third-order valence-electron chi connectivity index (χ3n) is 4.43. The first-order valence-corrected chi connectivity index (χ1v) is 9.18. The number of rotatable bonds is 10. The van der Waals surface area contributed by atoms with Gasteiger partial charge in [0.1, 0.15) is 0 Å². The molecule has 24 heavy (non-hydrogen) atoms. The predicted octanol–water partition coefficient (Wildman–Crippen LogP) is -0.243. The summed E-state index contributed by atoms with van der Waals surface area (Å²) in [4.78, 5) is 11.6. The lowest BCUT2D eigenvalue weighted by Crippen LogP contribution is -2.44. The van der Waals surface area contributed by atoms with Gasteiger partial charge >= 0.3 is 0 Å². The third-order valence-corrected chi connectivity index (χ3v) is 4.43. The minimum atomic E-state index is 0.827. The molecule has 0 aromatic heterocycles. The lowest BCUT2D eigenvalue weighted by Gasteiger charge is -2.21. The molecule has 0 aromatic carbocycles. The summed E-state index contributed by atoms with van der Waals surface area (Å²) < 4.78 is 5.08. The first kappa shape index (κ1) is 21.2. The Balaban J connectivity index is 2.09. The molecule has 0 spiro atoms. The number of hydrogen-bond acceptors (Lipinski definition) is 5. The van der Waals surface area contributed by atoms with Crippen LogP contribution in [0.4, 0.5) is 0 Å². The Labute approximate surface area is 148 Å². The van der Waals surface area contributed by atoms with E-state index in [1.54, 1.807) is 7.11 Å². The van der Waals surface area contributed by atoms with E-state index in [0.717, 1.165) is 58.3 Å². The van der Waals surface area contributed by atoms with E-state index in [4.69, 9.17) is 4.74 Å². The molecule has 2 N–H and O–H groups in total. The Bertz CT molecular complexity index is 339. The number of ether oxygens (including phenoxy) is 1. The Hall–Kier alpha value is -0.890. The molecule has 1 aliphatic rings. The predicted molar refractivity (Wildman–Crippen MR) is 102 cm³/mol. The second-order valence-corrected chi connectivity index (χ2v) is 6.57. The number of methoxy groups -OCH3 is 1. The maximum Gasteiger partial charge on any atom is 0.191 e. The van der Waals surface area contributed by atoms with Crippen LogP contribution in [0.5, 0.6) is 0 Å². The second-order valence-electron chi connectivity index (χ2n) is 6.57. The van der Waals surface area contributed by atoms with Gasteiger partial charge in [-0.1, -0.05) is 0 Å². The van der Waals surface area contributed by atoms with E-state index in [2.05, 4.69) is 44.4 Å². The molecule has 1 heterocycles. The molecule has 1 rings (SSSR count). The topological polar surface area (TPSA) is 55.4 Å². The second kappa shape index (κ2) is 13.4. The zero-order chi connectivity index (χ0) is 17.6. The summed E-state index contributed by atoms with van der Waals surface area (Å²) in [6.07, 6.45) is 2.34. The Morgan fingerprint density at radius 3 is 2.67 bits per heavy atom. The van der Waals surface area contributed by atoms with Gasteiger partial charge in [0.05, 0.1) is 0 Å². The number of aliphatic imine (C=N–C) groups is 1. The third kappa shape index (κ3) is 10.1. The van der Waals surface area contributed by atoms with E-state index < -0.39 is 0 Å². The zero-order valence-corrected chi connectivity index (χ0v) is 16.2. The van der Waals surface area contributed by atoms with Crippen molar-refractivity contribution in [1.82, 2.24) is 25.3 Å². The van der Waals surface area contributed by atoms with E-state index in [1.807, 2.05) is 7.05 Å². The summed E-state index contributed by atoms with van der Waals surface area (Å²) in [5.74, 6) is 0.896. The Morgan fingerprint density at radius 1 is 1.12 bits per heavy atom. The van der Waals surface area contributed by atoms with Gasteiger partial charge in [-0.3, -0.25) is 4.99 Å². The van der Waals surface area contributed by atoms with Crippen LogP contribution in [0, 0.1) is 0 Å². The summed E-state index contributed by atoms with van der Waals surface area (Å²) in [6.45, 7) is 10.5. The van der Waals surface area contributed by atoms with Gasteiger partial charge < -0.3 is 30.1 Å². The molecule has 0 atom stereocenters. The summed E-state index contributed by atoms with van der Waals surface area (Å²) in [5, 5.41) is 6.81. The van der Waals surface area contributed by atoms with Gasteiger partial charge in [-0.25, -0.2) is 0 Å². The smallest absolute Gasteiger partial charge is 0.191 e. The van der Waals surface area contributed by atoms with E-state index in [-0.39, 0.29) is 0 Å². The van der Waals surface area contributed by atoms with Gasteiger partial charge in [-0.05, 0) is 40.0 Å². The van der Waals surface area contributed by atoms with Crippen molar-refractivity contribution in [2.24, 2.45) is 4.99 Å². The minimum absolute atomic E-state index is 0.827. The highest BCUT2D eigenvalue weighted by Gasteiger charge is 2.11. The van der Waals surface area contributed by atoms with Crippen LogP contribution in [0.15, 0.2) is 4.99 Å². The summed E-state index contributed by atoms with van der Waals surface area (Å²) >= 11 is 0. The van der Waals surface area contributed by atoms with Crippen LogP contribution < -0.4 is 10.6 Å². The van der Waals surface area contributed by atoms with Crippen LogP contribution in [0.3, 0.4) is 0 Å². The largest absolute Gasteiger partial charge is 0.385 e. The Morgan fingerprint density at radius 2 is 1.92 bits per heavy atom. The highest BCUT2D eigenvalue weighted by atomic mass is 16.5. The van der Waals surface area contributed by atoms with Gasteiger partial charge in [0, 0.05) is 66.6 Å². The van der Waals surface area contributed by atoms with E-state index >= 15 is 0 Å².